The van der Waals surface area contributed by atoms with E-state index in [1.807, 2.05) is 34.6 Å². The van der Waals surface area contributed by atoms with Gasteiger partial charge >= 0.3 is 0 Å². The standard InChI is InChI=1S/C20H38O6/c1-8-14(10-21)17-18(26-20(6,7)25-17)15(9-2)11-22-12-16-13(3)23-19(4,5)24-16/h13-18,21H,8-12H2,1-7H3/p+1. The topological polar surface area (TPSA) is 69.1 Å². The lowest BCUT2D eigenvalue weighted by Gasteiger charge is -2.28. The summed E-state index contributed by atoms with van der Waals surface area (Å²) >= 11 is 0. The van der Waals surface area contributed by atoms with Crippen LogP contribution in [-0.2, 0) is 23.7 Å². The van der Waals surface area contributed by atoms with E-state index < -0.39 is 11.6 Å². The summed E-state index contributed by atoms with van der Waals surface area (Å²) in [6.07, 6.45) is 1.74. The lowest BCUT2D eigenvalue weighted by atomic mass is 9.88. The molecule has 0 radical (unpaired) electrons. The Morgan fingerprint density at radius 1 is 0.885 bits per heavy atom. The summed E-state index contributed by atoms with van der Waals surface area (Å²) in [5.41, 5.74) is 0. The Labute approximate surface area is 158 Å². The van der Waals surface area contributed by atoms with Crippen LogP contribution in [-0.4, -0.2) is 60.9 Å². The highest BCUT2D eigenvalue weighted by Gasteiger charge is 2.48. The highest BCUT2D eigenvalue weighted by atomic mass is 16.8. The quantitative estimate of drug-likeness (QED) is 0.580. The Hall–Kier alpha value is -0.240. The third-order valence-corrected chi connectivity index (χ3v) is 5.45. The van der Waals surface area contributed by atoms with Crippen LogP contribution in [0.1, 0.15) is 61.3 Å². The van der Waals surface area contributed by atoms with Gasteiger partial charge in [-0.1, -0.05) is 13.8 Å². The Bertz CT molecular complexity index is 434. The lowest BCUT2D eigenvalue weighted by molar-refractivity contribution is -0.159. The van der Waals surface area contributed by atoms with E-state index in [-0.39, 0.29) is 36.3 Å². The van der Waals surface area contributed by atoms with Crippen LogP contribution in [0.2, 0.25) is 0 Å². The number of hydrogen-bond acceptors (Lipinski definition) is 5. The number of hydrogen-bond donors (Lipinski definition) is 0. The molecule has 0 aromatic heterocycles. The molecule has 2 N–H and O–H groups in total. The summed E-state index contributed by atoms with van der Waals surface area (Å²) in [5.74, 6) is -0.736. The van der Waals surface area contributed by atoms with Crippen molar-refractivity contribution in [2.24, 2.45) is 11.8 Å². The molecule has 2 heterocycles. The van der Waals surface area contributed by atoms with E-state index in [1.54, 1.807) is 0 Å². The summed E-state index contributed by atoms with van der Waals surface area (Å²) in [5, 5.41) is 7.86. The zero-order valence-corrected chi connectivity index (χ0v) is 17.5. The maximum absolute atomic E-state index is 7.86. The Kier molecular flexibility index (Phi) is 7.50. The summed E-state index contributed by atoms with van der Waals surface area (Å²) < 4.78 is 30.1. The van der Waals surface area contributed by atoms with Gasteiger partial charge in [-0.3, -0.25) is 0 Å². The third-order valence-electron chi connectivity index (χ3n) is 5.45. The van der Waals surface area contributed by atoms with Crippen LogP contribution >= 0.6 is 0 Å². The van der Waals surface area contributed by atoms with Crippen LogP contribution in [0, 0.1) is 11.8 Å². The predicted molar refractivity (Wildman–Crippen MR) is 100 cm³/mol. The summed E-state index contributed by atoms with van der Waals surface area (Å²) in [4.78, 5) is 0. The fraction of sp³-hybridized carbons (Fsp3) is 1.00. The largest absolute Gasteiger partial charge is 0.445 e. The van der Waals surface area contributed by atoms with Gasteiger partial charge in [-0.2, -0.15) is 0 Å². The lowest BCUT2D eigenvalue weighted by Crippen LogP contribution is -2.40. The molecule has 2 rings (SSSR count). The van der Waals surface area contributed by atoms with Gasteiger partial charge < -0.3 is 28.8 Å². The molecule has 6 unspecified atom stereocenters. The zero-order valence-electron chi connectivity index (χ0n) is 17.5. The summed E-state index contributed by atoms with van der Waals surface area (Å²) in [7, 11) is 0. The van der Waals surface area contributed by atoms with Crippen LogP contribution in [0.15, 0.2) is 0 Å². The summed E-state index contributed by atoms with van der Waals surface area (Å²) in [6, 6.07) is 0. The minimum Gasteiger partial charge on any atom is -0.445 e. The molecule has 0 aromatic carbocycles. The maximum atomic E-state index is 7.86. The Balaban J connectivity index is 1.93. The van der Waals surface area contributed by atoms with Crippen LogP contribution in [0.5, 0.6) is 0 Å². The maximum Gasteiger partial charge on any atom is 0.163 e. The second-order valence-electron chi connectivity index (χ2n) is 8.52. The fourth-order valence-corrected chi connectivity index (χ4v) is 4.00. The van der Waals surface area contributed by atoms with Crippen LogP contribution in [0.4, 0.5) is 0 Å². The van der Waals surface area contributed by atoms with Crippen molar-refractivity contribution in [3.63, 3.8) is 0 Å². The normalized spacial score (nSPS) is 35.5. The molecule has 6 atom stereocenters. The highest BCUT2D eigenvalue weighted by Crippen LogP contribution is 2.38. The van der Waals surface area contributed by atoms with Crippen LogP contribution < -0.4 is 0 Å². The molecule has 6 heteroatoms. The minimum absolute atomic E-state index is 0.0237. The Morgan fingerprint density at radius 2 is 1.42 bits per heavy atom. The molecule has 2 saturated heterocycles. The van der Waals surface area contributed by atoms with Crippen molar-refractivity contribution in [3.8, 4) is 0 Å². The van der Waals surface area contributed by atoms with Crippen molar-refractivity contribution in [1.82, 2.24) is 0 Å². The van der Waals surface area contributed by atoms with E-state index in [0.29, 0.717) is 19.8 Å². The third kappa shape index (κ3) is 5.40. The van der Waals surface area contributed by atoms with Crippen molar-refractivity contribution in [2.75, 3.05) is 19.8 Å². The molecule has 6 nitrogen and oxygen atoms in total. The number of ether oxygens (including phenoxy) is 5. The first-order valence-corrected chi connectivity index (χ1v) is 10.1. The van der Waals surface area contributed by atoms with Gasteiger partial charge in [0.25, 0.3) is 0 Å². The average Bonchev–Trinajstić information content (AvgIpc) is 3.00. The van der Waals surface area contributed by atoms with E-state index >= 15 is 0 Å². The fourth-order valence-electron chi connectivity index (χ4n) is 4.00. The van der Waals surface area contributed by atoms with Crippen molar-refractivity contribution in [3.05, 3.63) is 0 Å². The van der Waals surface area contributed by atoms with E-state index in [9.17, 15) is 0 Å². The van der Waals surface area contributed by atoms with Gasteiger partial charge in [0.1, 0.15) is 12.7 Å². The molecule has 154 valence electrons. The van der Waals surface area contributed by atoms with Crippen LogP contribution in [0.25, 0.3) is 0 Å². The molecule has 0 saturated carbocycles. The first kappa shape index (κ1) is 22.1. The van der Waals surface area contributed by atoms with Crippen molar-refractivity contribution < 1.29 is 28.8 Å². The first-order chi connectivity index (χ1) is 12.1. The zero-order chi connectivity index (χ0) is 19.5. The molecule has 0 aliphatic carbocycles. The second-order valence-corrected chi connectivity index (χ2v) is 8.52. The van der Waals surface area contributed by atoms with E-state index in [4.69, 9.17) is 28.8 Å². The van der Waals surface area contributed by atoms with Gasteiger partial charge in [0.15, 0.2) is 11.6 Å². The molecule has 0 bridgehead atoms. The molecular weight excluding hydrogens is 336 g/mol. The molecule has 2 aliphatic heterocycles. The van der Waals surface area contributed by atoms with E-state index in [2.05, 4.69) is 13.8 Å². The van der Waals surface area contributed by atoms with Gasteiger partial charge in [0.2, 0.25) is 0 Å². The van der Waals surface area contributed by atoms with Crippen molar-refractivity contribution in [2.45, 2.75) is 97.3 Å². The molecule has 0 amide bonds. The predicted octanol–water partition coefficient (Wildman–Crippen LogP) is 2.84. The molecule has 0 aromatic rings. The van der Waals surface area contributed by atoms with Gasteiger partial charge in [-0.25, -0.2) is 0 Å². The number of rotatable bonds is 9. The monoisotopic (exact) mass is 375 g/mol. The van der Waals surface area contributed by atoms with Crippen molar-refractivity contribution in [1.29, 1.82) is 0 Å². The minimum atomic E-state index is -0.605. The summed E-state index contributed by atoms with van der Waals surface area (Å²) in [6.45, 7) is 15.5. The Morgan fingerprint density at radius 3 is 1.88 bits per heavy atom. The second kappa shape index (κ2) is 8.84. The van der Waals surface area contributed by atoms with E-state index in [0.717, 1.165) is 12.8 Å². The molecule has 0 spiro atoms. The van der Waals surface area contributed by atoms with Gasteiger partial charge in [-0.05, 0) is 47.5 Å². The van der Waals surface area contributed by atoms with Gasteiger partial charge in [0, 0.05) is 5.92 Å². The average molecular weight is 376 g/mol. The van der Waals surface area contributed by atoms with Crippen LogP contribution in [0.3, 0.4) is 0 Å². The molecule has 26 heavy (non-hydrogen) atoms. The molecule has 2 aliphatic rings. The SMILES string of the molecule is CCC(C[OH2+])C1OC(C)(C)OC1C(CC)COCC1OC(C)(C)OC1C. The molecular formula is C20H39O6+. The van der Waals surface area contributed by atoms with E-state index in [1.165, 1.54) is 0 Å². The molecule has 2 fully saturated rings. The first-order valence-electron chi connectivity index (χ1n) is 10.1. The highest BCUT2D eigenvalue weighted by molar-refractivity contribution is 4.90. The van der Waals surface area contributed by atoms with Gasteiger partial charge in [0.05, 0.1) is 37.4 Å². The smallest absolute Gasteiger partial charge is 0.163 e. The van der Waals surface area contributed by atoms with Crippen molar-refractivity contribution >= 4 is 0 Å². The van der Waals surface area contributed by atoms with Gasteiger partial charge in [-0.15, -0.1) is 0 Å².